The molecule has 2 aliphatic rings. The van der Waals surface area contributed by atoms with Gasteiger partial charge in [-0.25, -0.2) is 4.79 Å². The monoisotopic (exact) mass is 388 g/mol. The Hall–Kier alpha value is -2.61. The molecule has 1 unspecified atom stereocenters. The molecule has 3 rings (SSSR count). The van der Waals surface area contributed by atoms with Gasteiger partial charge in [0.1, 0.15) is 0 Å². The van der Waals surface area contributed by atoms with Crippen LogP contribution in [0.1, 0.15) is 32.1 Å². The lowest BCUT2D eigenvalue weighted by Crippen LogP contribution is -2.56. The van der Waals surface area contributed by atoms with E-state index in [9.17, 15) is 14.4 Å². The Bertz CT molecular complexity index is 683. The second-order valence-electron chi connectivity index (χ2n) is 7.49. The van der Waals surface area contributed by atoms with Crippen molar-refractivity contribution in [3.05, 3.63) is 30.3 Å². The number of carbonyl (C=O) groups excluding carboxylic acids is 3. The third-order valence-corrected chi connectivity index (χ3v) is 5.31. The fourth-order valence-corrected chi connectivity index (χ4v) is 3.74. The Kier molecular flexibility index (Phi) is 6.86. The van der Waals surface area contributed by atoms with Crippen molar-refractivity contribution in [1.29, 1.82) is 0 Å². The Morgan fingerprint density at radius 2 is 1.82 bits per heavy atom. The summed E-state index contributed by atoms with van der Waals surface area (Å²) in [6.07, 6.45) is 4.38. The summed E-state index contributed by atoms with van der Waals surface area (Å²) in [5.41, 5.74) is 0.218. The lowest BCUT2D eigenvalue weighted by Gasteiger charge is -2.31. The number of para-hydroxylation sites is 1. The first-order chi connectivity index (χ1) is 13.6. The van der Waals surface area contributed by atoms with Crippen molar-refractivity contribution in [3.63, 3.8) is 0 Å². The predicted octanol–water partition coefficient (Wildman–Crippen LogP) is 1.39. The first-order valence-electron chi connectivity index (χ1n) is 9.83. The van der Waals surface area contributed by atoms with Crippen LogP contribution in [0.25, 0.3) is 0 Å². The zero-order chi connectivity index (χ0) is 19.8. The molecule has 4 amide bonds. The normalized spacial score (nSPS) is 20.4. The van der Waals surface area contributed by atoms with Gasteiger partial charge in [0.25, 0.3) is 0 Å². The molecule has 0 bridgehead atoms. The number of rotatable bonds is 7. The predicted molar refractivity (Wildman–Crippen MR) is 105 cm³/mol. The van der Waals surface area contributed by atoms with Crippen LogP contribution >= 0.6 is 0 Å². The third kappa shape index (κ3) is 5.69. The van der Waals surface area contributed by atoms with Crippen LogP contribution in [-0.2, 0) is 14.3 Å². The molecule has 28 heavy (non-hydrogen) atoms. The summed E-state index contributed by atoms with van der Waals surface area (Å²) in [7, 11) is 0. The summed E-state index contributed by atoms with van der Waals surface area (Å²) in [5, 5.41) is 11.2. The van der Waals surface area contributed by atoms with Crippen LogP contribution in [0.4, 0.5) is 10.5 Å². The standard InChI is InChI=1S/C20H28N4O4/c25-17(12-21-19(27)23-16-6-2-1-3-7-16)24-20(9-4-5-10-20)14-22-18(26)15-8-11-28-13-15/h1-3,6-7,15H,4-5,8-14H2,(H,22,26)(H,24,25)(H2,21,23,27). The first-order valence-corrected chi connectivity index (χ1v) is 9.83. The first kappa shape index (κ1) is 20.1. The Labute approximate surface area is 164 Å². The van der Waals surface area contributed by atoms with Crippen LogP contribution in [0.15, 0.2) is 30.3 Å². The SMILES string of the molecule is O=C(CNC(=O)Nc1ccccc1)NC1(CNC(=O)C2CCOC2)CCCC1. The van der Waals surface area contributed by atoms with Gasteiger partial charge in [-0.2, -0.15) is 0 Å². The van der Waals surface area contributed by atoms with E-state index in [0.29, 0.717) is 25.4 Å². The van der Waals surface area contributed by atoms with E-state index in [4.69, 9.17) is 4.74 Å². The van der Waals surface area contributed by atoms with E-state index in [2.05, 4.69) is 21.3 Å². The number of ether oxygens (including phenoxy) is 1. The highest BCUT2D eigenvalue weighted by atomic mass is 16.5. The zero-order valence-electron chi connectivity index (χ0n) is 16.0. The van der Waals surface area contributed by atoms with Crippen LogP contribution in [0.3, 0.4) is 0 Å². The lowest BCUT2D eigenvalue weighted by molar-refractivity contribution is -0.126. The van der Waals surface area contributed by atoms with Crippen LogP contribution in [0.2, 0.25) is 0 Å². The molecule has 1 aliphatic carbocycles. The summed E-state index contributed by atoms with van der Waals surface area (Å²) in [6.45, 7) is 1.37. The number of hydrogen-bond acceptors (Lipinski definition) is 4. The summed E-state index contributed by atoms with van der Waals surface area (Å²) in [6, 6.07) is 8.60. The van der Waals surface area contributed by atoms with E-state index in [1.165, 1.54) is 0 Å². The van der Waals surface area contributed by atoms with E-state index in [0.717, 1.165) is 32.1 Å². The molecule has 152 valence electrons. The fraction of sp³-hybridized carbons (Fsp3) is 0.550. The molecule has 1 aromatic rings. The molecule has 1 saturated heterocycles. The van der Waals surface area contributed by atoms with Gasteiger partial charge in [0, 0.05) is 18.8 Å². The number of hydrogen-bond donors (Lipinski definition) is 4. The summed E-state index contributed by atoms with van der Waals surface area (Å²) in [5.74, 6) is -0.376. The average Bonchev–Trinajstić information content (AvgIpc) is 3.38. The number of benzene rings is 1. The molecule has 1 atom stereocenters. The topological polar surface area (TPSA) is 109 Å². The van der Waals surface area contributed by atoms with Crippen molar-refractivity contribution in [3.8, 4) is 0 Å². The second kappa shape index (κ2) is 9.54. The molecule has 1 aliphatic heterocycles. The van der Waals surface area contributed by atoms with E-state index in [1.807, 2.05) is 18.2 Å². The van der Waals surface area contributed by atoms with Crippen molar-refractivity contribution < 1.29 is 19.1 Å². The van der Waals surface area contributed by atoms with Crippen LogP contribution in [0, 0.1) is 5.92 Å². The molecule has 0 aromatic heterocycles. The fourth-order valence-electron chi connectivity index (χ4n) is 3.74. The Morgan fingerprint density at radius 1 is 1.07 bits per heavy atom. The van der Waals surface area contributed by atoms with Gasteiger partial charge in [-0.1, -0.05) is 31.0 Å². The zero-order valence-corrected chi connectivity index (χ0v) is 16.0. The van der Waals surface area contributed by atoms with Gasteiger partial charge in [0.2, 0.25) is 11.8 Å². The number of nitrogens with one attached hydrogen (secondary N) is 4. The average molecular weight is 388 g/mol. The molecule has 0 spiro atoms. The number of amides is 4. The van der Waals surface area contributed by atoms with Gasteiger partial charge in [-0.15, -0.1) is 0 Å². The maximum absolute atomic E-state index is 12.4. The van der Waals surface area contributed by atoms with E-state index in [1.54, 1.807) is 12.1 Å². The minimum atomic E-state index is -0.441. The minimum absolute atomic E-state index is 0.0154. The van der Waals surface area contributed by atoms with Gasteiger partial charge >= 0.3 is 6.03 Å². The van der Waals surface area contributed by atoms with Crippen molar-refractivity contribution in [2.45, 2.75) is 37.6 Å². The number of urea groups is 1. The molecule has 1 aromatic carbocycles. The molecular weight excluding hydrogens is 360 g/mol. The third-order valence-electron chi connectivity index (χ3n) is 5.31. The van der Waals surface area contributed by atoms with Crippen molar-refractivity contribution in [2.24, 2.45) is 5.92 Å². The quantitative estimate of drug-likeness (QED) is 0.566. The van der Waals surface area contributed by atoms with Crippen molar-refractivity contribution in [2.75, 3.05) is 31.6 Å². The molecule has 8 nitrogen and oxygen atoms in total. The highest BCUT2D eigenvalue weighted by Crippen LogP contribution is 2.29. The van der Waals surface area contributed by atoms with E-state index in [-0.39, 0.29) is 24.3 Å². The van der Waals surface area contributed by atoms with Gasteiger partial charge in [0.05, 0.1) is 24.6 Å². The van der Waals surface area contributed by atoms with Crippen molar-refractivity contribution in [1.82, 2.24) is 16.0 Å². The smallest absolute Gasteiger partial charge is 0.319 e. The largest absolute Gasteiger partial charge is 0.381 e. The molecule has 2 fully saturated rings. The van der Waals surface area contributed by atoms with Crippen LogP contribution in [0.5, 0.6) is 0 Å². The van der Waals surface area contributed by atoms with Crippen LogP contribution in [-0.4, -0.2) is 49.7 Å². The second-order valence-corrected chi connectivity index (χ2v) is 7.49. The van der Waals surface area contributed by atoms with Gasteiger partial charge < -0.3 is 26.0 Å². The summed E-state index contributed by atoms with van der Waals surface area (Å²) in [4.78, 5) is 36.6. The highest BCUT2D eigenvalue weighted by Gasteiger charge is 2.36. The van der Waals surface area contributed by atoms with E-state index < -0.39 is 11.6 Å². The van der Waals surface area contributed by atoms with Crippen LogP contribution < -0.4 is 21.3 Å². The molecular formula is C20H28N4O4. The summed E-state index contributed by atoms with van der Waals surface area (Å²) >= 11 is 0. The van der Waals surface area contributed by atoms with Gasteiger partial charge in [0.15, 0.2) is 0 Å². The molecule has 0 radical (unpaired) electrons. The number of anilines is 1. The summed E-state index contributed by atoms with van der Waals surface area (Å²) < 4.78 is 5.26. The molecule has 1 heterocycles. The Morgan fingerprint density at radius 3 is 2.50 bits per heavy atom. The van der Waals surface area contributed by atoms with Crippen molar-refractivity contribution >= 4 is 23.5 Å². The van der Waals surface area contributed by atoms with E-state index >= 15 is 0 Å². The minimum Gasteiger partial charge on any atom is -0.381 e. The number of carbonyl (C=O) groups is 3. The Balaban J connectivity index is 1.44. The highest BCUT2D eigenvalue weighted by molar-refractivity contribution is 5.92. The molecule has 4 N–H and O–H groups in total. The maximum Gasteiger partial charge on any atom is 0.319 e. The van der Waals surface area contributed by atoms with Gasteiger partial charge in [-0.05, 0) is 31.4 Å². The molecule has 8 heteroatoms. The lowest BCUT2D eigenvalue weighted by atomic mass is 9.96. The maximum atomic E-state index is 12.4. The van der Waals surface area contributed by atoms with Gasteiger partial charge in [-0.3, -0.25) is 9.59 Å². The molecule has 1 saturated carbocycles.